The molecule has 1 heterocycles. The predicted octanol–water partition coefficient (Wildman–Crippen LogP) is 5.05. The summed E-state index contributed by atoms with van der Waals surface area (Å²) >= 11 is 1.53. The zero-order valence-electron chi connectivity index (χ0n) is 15.7. The number of ether oxygens (including phenoxy) is 2. The van der Waals surface area contributed by atoms with Crippen molar-refractivity contribution >= 4 is 22.7 Å². The van der Waals surface area contributed by atoms with Gasteiger partial charge in [-0.15, -0.1) is 11.3 Å². The second-order valence-electron chi connectivity index (χ2n) is 6.02. The van der Waals surface area contributed by atoms with Gasteiger partial charge in [0, 0.05) is 10.9 Å². The lowest BCUT2D eigenvalue weighted by Crippen LogP contribution is -2.00. The van der Waals surface area contributed by atoms with Crippen molar-refractivity contribution in [2.24, 2.45) is 5.10 Å². The van der Waals surface area contributed by atoms with E-state index in [4.69, 9.17) is 9.47 Å². The van der Waals surface area contributed by atoms with Gasteiger partial charge in [-0.05, 0) is 54.8 Å². The smallest absolute Gasteiger partial charge is 0.203 e. The monoisotopic (exact) mass is 381 g/mol. The number of hydrogen-bond acceptors (Lipinski definition) is 6. The summed E-state index contributed by atoms with van der Waals surface area (Å²) in [6.45, 7) is 4.52. The van der Waals surface area contributed by atoms with Crippen molar-refractivity contribution in [1.29, 1.82) is 0 Å². The maximum absolute atomic E-state index is 5.92. The molecule has 140 valence electrons. The molecule has 6 heteroatoms. The van der Waals surface area contributed by atoms with Gasteiger partial charge in [-0.2, -0.15) is 5.10 Å². The Bertz CT molecular complexity index is 904. The normalized spacial score (nSPS) is 10.9. The molecular formula is C21H23N3O2S. The highest BCUT2D eigenvalue weighted by molar-refractivity contribution is 7.13. The van der Waals surface area contributed by atoms with Crippen molar-refractivity contribution in [2.75, 3.05) is 12.5 Å². The molecular weight excluding hydrogens is 358 g/mol. The van der Waals surface area contributed by atoms with Crippen LogP contribution in [0.4, 0.5) is 5.13 Å². The number of aromatic nitrogens is 1. The van der Waals surface area contributed by atoms with Gasteiger partial charge in [0.05, 0.1) is 19.0 Å². The van der Waals surface area contributed by atoms with Gasteiger partial charge < -0.3 is 9.47 Å². The summed E-state index contributed by atoms with van der Waals surface area (Å²) in [5, 5.41) is 7.00. The summed E-state index contributed by atoms with van der Waals surface area (Å²) in [4.78, 5) is 4.32. The molecule has 0 spiro atoms. The van der Waals surface area contributed by atoms with E-state index >= 15 is 0 Å². The number of anilines is 1. The summed E-state index contributed by atoms with van der Waals surface area (Å²) in [7, 11) is 1.66. The molecule has 0 saturated carbocycles. The Labute approximate surface area is 163 Å². The minimum atomic E-state index is 0.426. The molecule has 0 unspecified atom stereocenters. The number of nitrogens with one attached hydrogen (secondary N) is 1. The summed E-state index contributed by atoms with van der Waals surface area (Å²) < 4.78 is 11.4. The van der Waals surface area contributed by atoms with Crippen LogP contribution in [0.25, 0.3) is 0 Å². The quantitative estimate of drug-likeness (QED) is 0.438. The van der Waals surface area contributed by atoms with Crippen LogP contribution in [0, 0.1) is 6.92 Å². The molecule has 27 heavy (non-hydrogen) atoms. The molecule has 0 fully saturated rings. The van der Waals surface area contributed by atoms with Gasteiger partial charge in [0.15, 0.2) is 0 Å². The molecule has 0 saturated heterocycles. The Balaban J connectivity index is 1.66. The Morgan fingerprint density at radius 3 is 2.67 bits per heavy atom. The van der Waals surface area contributed by atoms with Gasteiger partial charge >= 0.3 is 0 Å². The highest BCUT2D eigenvalue weighted by Gasteiger charge is 2.06. The van der Waals surface area contributed by atoms with Crippen LogP contribution in [-0.2, 0) is 13.0 Å². The second-order valence-corrected chi connectivity index (χ2v) is 6.88. The van der Waals surface area contributed by atoms with Crippen molar-refractivity contribution in [3.05, 3.63) is 70.2 Å². The van der Waals surface area contributed by atoms with Crippen molar-refractivity contribution in [1.82, 2.24) is 4.98 Å². The van der Waals surface area contributed by atoms with E-state index in [1.165, 1.54) is 16.9 Å². The number of hydrogen-bond donors (Lipinski definition) is 1. The van der Waals surface area contributed by atoms with Gasteiger partial charge in [-0.25, -0.2) is 4.98 Å². The van der Waals surface area contributed by atoms with Crippen LogP contribution in [0.15, 0.2) is 52.9 Å². The van der Waals surface area contributed by atoms with Crippen LogP contribution >= 0.6 is 11.3 Å². The summed E-state index contributed by atoms with van der Waals surface area (Å²) in [6, 6.07) is 14.1. The average molecular weight is 382 g/mol. The largest absolute Gasteiger partial charge is 0.496 e. The number of thiazole rings is 1. The fraction of sp³-hybridized carbons (Fsp3) is 0.238. The van der Waals surface area contributed by atoms with E-state index in [0.717, 1.165) is 39.9 Å². The first kappa shape index (κ1) is 18.9. The molecule has 0 amide bonds. The van der Waals surface area contributed by atoms with Gasteiger partial charge in [0.25, 0.3) is 0 Å². The minimum Gasteiger partial charge on any atom is -0.496 e. The van der Waals surface area contributed by atoms with E-state index in [2.05, 4.69) is 34.6 Å². The fourth-order valence-electron chi connectivity index (χ4n) is 2.54. The minimum absolute atomic E-state index is 0.426. The van der Waals surface area contributed by atoms with E-state index in [0.29, 0.717) is 6.61 Å². The van der Waals surface area contributed by atoms with E-state index in [1.807, 2.05) is 42.6 Å². The van der Waals surface area contributed by atoms with Gasteiger partial charge in [-0.3, -0.25) is 5.43 Å². The van der Waals surface area contributed by atoms with Crippen LogP contribution in [0.3, 0.4) is 0 Å². The van der Waals surface area contributed by atoms with Crippen molar-refractivity contribution in [2.45, 2.75) is 26.9 Å². The Morgan fingerprint density at radius 1 is 1.19 bits per heavy atom. The maximum Gasteiger partial charge on any atom is 0.203 e. The van der Waals surface area contributed by atoms with Crippen LogP contribution in [0.5, 0.6) is 11.5 Å². The molecule has 0 atom stereocenters. The summed E-state index contributed by atoms with van der Waals surface area (Å²) in [5.41, 5.74) is 7.14. The molecule has 1 N–H and O–H groups in total. The molecule has 0 aliphatic carbocycles. The summed E-state index contributed by atoms with van der Waals surface area (Å²) in [5.74, 6) is 1.63. The first-order valence-corrected chi connectivity index (χ1v) is 9.65. The first-order chi connectivity index (χ1) is 13.2. The van der Waals surface area contributed by atoms with Crippen LogP contribution in [-0.4, -0.2) is 18.3 Å². The zero-order valence-corrected chi connectivity index (χ0v) is 16.5. The van der Waals surface area contributed by atoms with E-state index in [1.54, 1.807) is 13.3 Å². The van der Waals surface area contributed by atoms with Crippen LogP contribution in [0.2, 0.25) is 0 Å². The molecule has 3 rings (SSSR count). The second kappa shape index (κ2) is 9.19. The van der Waals surface area contributed by atoms with Gasteiger partial charge in [0.1, 0.15) is 18.1 Å². The van der Waals surface area contributed by atoms with Gasteiger partial charge in [-0.1, -0.05) is 19.1 Å². The van der Waals surface area contributed by atoms with E-state index < -0.39 is 0 Å². The van der Waals surface area contributed by atoms with Crippen molar-refractivity contribution < 1.29 is 9.47 Å². The average Bonchev–Trinajstić information content (AvgIpc) is 3.12. The highest BCUT2D eigenvalue weighted by atomic mass is 32.1. The fourth-order valence-corrected chi connectivity index (χ4v) is 3.18. The lowest BCUT2D eigenvalue weighted by Gasteiger charge is -2.11. The lowest BCUT2D eigenvalue weighted by atomic mass is 10.1. The first-order valence-electron chi connectivity index (χ1n) is 8.77. The number of aryl methyl sites for hydroxylation is 2. The number of methoxy groups -OCH3 is 1. The predicted molar refractivity (Wildman–Crippen MR) is 111 cm³/mol. The third-order valence-corrected chi connectivity index (χ3v) is 4.89. The van der Waals surface area contributed by atoms with Crippen LogP contribution in [0.1, 0.15) is 29.3 Å². The zero-order chi connectivity index (χ0) is 19.1. The molecule has 3 aromatic rings. The lowest BCUT2D eigenvalue weighted by molar-refractivity contribution is 0.296. The molecule has 1 aromatic heterocycles. The maximum atomic E-state index is 5.92. The molecule has 5 nitrogen and oxygen atoms in total. The molecule has 2 aromatic carbocycles. The number of rotatable bonds is 8. The van der Waals surface area contributed by atoms with E-state index in [9.17, 15) is 0 Å². The number of nitrogens with zero attached hydrogens (tertiary/aromatic N) is 2. The standard InChI is InChI=1S/C21H23N3O2S/c1-4-16-5-8-19(9-6-16)26-13-18-11-17(7-10-20(18)25-3)12-22-24-21-23-15(2)14-27-21/h5-12,14H,4,13H2,1-3H3,(H,23,24). The van der Waals surface area contributed by atoms with Gasteiger partial charge in [0.2, 0.25) is 5.13 Å². The van der Waals surface area contributed by atoms with Crippen LogP contribution < -0.4 is 14.9 Å². The Kier molecular flexibility index (Phi) is 6.44. The van der Waals surface area contributed by atoms with E-state index in [-0.39, 0.29) is 0 Å². The Hall–Kier alpha value is -2.86. The number of benzene rings is 2. The van der Waals surface area contributed by atoms with Crippen molar-refractivity contribution in [3.63, 3.8) is 0 Å². The third-order valence-electron chi connectivity index (χ3n) is 4.02. The molecule has 0 radical (unpaired) electrons. The highest BCUT2D eigenvalue weighted by Crippen LogP contribution is 2.22. The van der Waals surface area contributed by atoms with Crippen molar-refractivity contribution in [3.8, 4) is 11.5 Å². The molecule has 0 aliphatic heterocycles. The SMILES string of the molecule is CCc1ccc(OCc2cc(C=NNc3nc(C)cs3)ccc2OC)cc1. The topological polar surface area (TPSA) is 55.7 Å². The number of hydrazone groups is 1. The third kappa shape index (κ3) is 5.31. The molecule has 0 bridgehead atoms. The Morgan fingerprint density at radius 2 is 2.00 bits per heavy atom. The molecule has 0 aliphatic rings. The summed E-state index contributed by atoms with van der Waals surface area (Å²) in [6.07, 6.45) is 2.78.